The molecule has 4 N–H and O–H groups in total. The minimum atomic E-state index is -1.80. The van der Waals surface area contributed by atoms with Gasteiger partial charge in [-0.25, -0.2) is 0 Å². The summed E-state index contributed by atoms with van der Waals surface area (Å²) in [5, 5.41) is 10.7. The molecule has 0 unspecified atom stereocenters. The second-order valence-electron chi connectivity index (χ2n) is 7.51. The van der Waals surface area contributed by atoms with E-state index in [-0.39, 0.29) is 5.57 Å². The summed E-state index contributed by atoms with van der Waals surface area (Å²) in [4.78, 5) is 39.0. The molecule has 1 saturated heterocycles. The predicted octanol–water partition coefficient (Wildman–Crippen LogP) is 1.36. The van der Waals surface area contributed by atoms with Crippen molar-refractivity contribution >= 4 is 29.4 Å². The fourth-order valence-electron chi connectivity index (χ4n) is 4.14. The minimum absolute atomic E-state index is 0.123. The summed E-state index contributed by atoms with van der Waals surface area (Å²) in [6.45, 7) is 3.33. The SMILES string of the molecule is CC(C)OC(=O)[C@@]1(C#N)[C@@H](c2ccc(Cl)cc2)[C@@H](C(N)=O)N2C=C(C(N)=O)C=C[C@@H]21. The van der Waals surface area contributed by atoms with Gasteiger partial charge in [-0.1, -0.05) is 29.8 Å². The average molecular weight is 429 g/mol. The Bertz CT molecular complexity index is 995. The van der Waals surface area contributed by atoms with Crippen LogP contribution in [0.5, 0.6) is 0 Å². The van der Waals surface area contributed by atoms with Gasteiger partial charge in [0.15, 0.2) is 5.41 Å². The van der Waals surface area contributed by atoms with E-state index in [0.29, 0.717) is 10.6 Å². The number of nitrogens with two attached hydrogens (primary N) is 2. The number of primary amides is 2. The van der Waals surface area contributed by atoms with E-state index in [4.69, 9.17) is 27.8 Å². The zero-order chi connectivity index (χ0) is 22.2. The maximum atomic E-state index is 13.3. The molecule has 1 aromatic carbocycles. The molecule has 0 bridgehead atoms. The first-order chi connectivity index (χ1) is 14.1. The summed E-state index contributed by atoms with van der Waals surface area (Å²) in [5.74, 6) is -3.22. The molecule has 8 nitrogen and oxygen atoms in total. The number of halogens is 1. The second kappa shape index (κ2) is 7.84. The van der Waals surface area contributed by atoms with Crippen molar-refractivity contribution in [1.82, 2.24) is 4.90 Å². The number of esters is 1. The Morgan fingerprint density at radius 2 is 1.87 bits per heavy atom. The number of nitrogens with zero attached hydrogens (tertiary/aromatic N) is 2. The lowest BCUT2D eigenvalue weighted by Gasteiger charge is -2.33. The van der Waals surface area contributed by atoms with Crippen LogP contribution in [-0.2, 0) is 19.1 Å². The number of amides is 2. The molecule has 1 aromatic rings. The Kier molecular flexibility index (Phi) is 5.59. The number of fused-ring (bicyclic) bond motifs is 1. The third-order valence-electron chi connectivity index (χ3n) is 5.33. The summed E-state index contributed by atoms with van der Waals surface area (Å²) in [6, 6.07) is 6.60. The van der Waals surface area contributed by atoms with Gasteiger partial charge in [-0.2, -0.15) is 5.26 Å². The predicted molar refractivity (Wildman–Crippen MR) is 108 cm³/mol. The van der Waals surface area contributed by atoms with Gasteiger partial charge in [-0.15, -0.1) is 0 Å². The first kappa shape index (κ1) is 21.4. The highest BCUT2D eigenvalue weighted by molar-refractivity contribution is 6.30. The van der Waals surface area contributed by atoms with Gasteiger partial charge >= 0.3 is 5.97 Å². The molecule has 2 amide bonds. The minimum Gasteiger partial charge on any atom is -0.462 e. The lowest BCUT2D eigenvalue weighted by Crippen LogP contribution is -2.46. The van der Waals surface area contributed by atoms with Crippen LogP contribution in [0.4, 0.5) is 0 Å². The van der Waals surface area contributed by atoms with Crippen LogP contribution in [0, 0.1) is 16.7 Å². The topological polar surface area (TPSA) is 140 Å². The maximum Gasteiger partial charge on any atom is 0.329 e. The second-order valence-corrected chi connectivity index (χ2v) is 7.95. The van der Waals surface area contributed by atoms with E-state index in [1.807, 2.05) is 0 Å². The highest BCUT2D eigenvalue weighted by atomic mass is 35.5. The number of nitriles is 1. The molecule has 0 radical (unpaired) electrons. The van der Waals surface area contributed by atoms with E-state index in [0.717, 1.165) is 0 Å². The van der Waals surface area contributed by atoms with E-state index in [2.05, 4.69) is 6.07 Å². The molecule has 0 spiro atoms. The first-order valence-electron chi connectivity index (χ1n) is 9.27. The Labute approximate surface area is 178 Å². The number of ether oxygens (including phenoxy) is 1. The van der Waals surface area contributed by atoms with Crippen molar-refractivity contribution in [2.75, 3.05) is 0 Å². The highest BCUT2D eigenvalue weighted by Crippen LogP contribution is 2.53. The van der Waals surface area contributed by atoms with Crippen LogP contribution in [0.15, 0.2) is 48.2 Å². The van der Waals surface area contributed by atoms with Gasteiger partial charge in [0.25, 0.3) is 0 Å². The molecule has 2 aliphatic heterocycles. The van der Waals surface area contributed by atoms with E-state index in [1.54, 1.807) is 38.1 Å². The van der Waals surface area contributed by atoms with Crippen LogP contribution in [0.25, 0.3) is 0 Å². The summed E-state index contributed by atoms with van der Waals surface area (Å²) in [7, 11) is 0. The summed E-state index contributed by atoms with van der Waals surface area (Å²) in [6.07, 6.45) is 3.82. The van der Waals surface area contributed by atoms with E-state index in [9.17, 15) is 19.6 Å². The van der Waals surface area contributed by atoms with Gasteiger partial charge in [-0.3, -0.25) is 14.4 Å². The van der Waals surface area contributed by atoms with Gasteiger partial charge in [0.1, 0.15) is 6.04 Å². The Morgan fingerprint density at radius 3 is 2.37 bits per heavy atom. The van der Waals surface area contributed by atoms with Crippen LogP contribution in [0.3, 0.4) is 0 Å². The van der Waals surface area contributed by atoms with Crippen molar-refractivity contribution in [2.24, 2.45) is 16.9 Å². The molecule has 30 heavy (non-hydrogen) atoms. The van der Waals surface area contributed by atoms with E-state index >= 15 is 0 Å². The van der Waals surface area contributed by atoms with Crippen molar-refractivity contribution < 1.29 is 19.1 Å². The van der Waals surface area contributed by atoms with E-state index < -0.39 is 47.3 Å². The van der Waals surface area contributed by atoms with Crippen LogP contribution in [-0.4, -0.2) is 40.9 Å². The van der Waals surface area contributed by atoms with Crippen molar-refractivity contribution in [3.8, 4) is 6.07 Å². The zero-order valence-electron chi connectivity index (χ0n) is 16.4. The quantitative estimate of drug-likeness (QED) is 0.678. The average Bonchev–Trinajstić information content (AvgIpc) is 2.98. The van der Waals surface area contributed by atoms with Crippen molar-refractivity contribution in [3.63, 3.8) is 0 Å². The lowest BCUT2D eigenvalue weighted by molar-refractivity contribution is -0.157. The molecule has 1 fully saturated rings. The van der Waals surface area contributed by atoms with Gasteiger partial charge in [-0.05, 0) is 37.6 Å². The van der Waals surface area contributed by atoms with Crippen molar-refractivity contribution in [2.45, 2.75) is 38.0 Å². The molecular formula is C21H21ClN4O4. The molecule has 0 aliphatic carbocycles. The van der Waals surface area contributed by atoms with E-state index in [1.165, 1.54) is 23.3 Å². The molecule has 4 atom stereocenters. The zero-order valence-corrected chi connectivity index (χ0v) is 17.2. The Balaban J connectivity index is 2.28. The number of rotatable bonds is 5. The summed E-state index contributed by atoms with van der Waals surface area (Å²) >= 11 is 6.00. The Hall–Kier alpha value is -3.31. The van der Waals surface area contributed by atoms with Crippen molar-refractivity contribution in [1.29, 1.82) is 5.26 Å². The molecule has 3 rings (SSSR count). The normalized spacial score (nSPS) is 27.2. The first-order valence-corrected chi connectivity index (χ1v) is 9.65. The standard InChI is InChI=1S/C21H21ClN4O4/c1-11(2)30-20(29)21(10-23)15-8-5-13(18(24)27)9-26(15)17(19(25)28)16(21)12-3-6-14(22)7-4-12/h3-9,11,15-17H,1-2H3,(H2,24,27)(H2,25,28)/t15-,16+,17+,21-/m1/s1. The number of carbonyl (C=O) groups excluding carboxylic acids is 3. The fraction of sp³-hybridized carbons (Fsp3) is 0.333. The van der Waals surface area contributed by atoms with Crippen LogP contribution < -0.4 is 11.5 Å². The molecule has 9 heteroatoms. The Morgan fingerprint density at radius 1 is 1.23 bits per heavy atom. The monoisotopic (exact) mass is 428 g/mol. The molecule has 2 aliphatic rings. The maximum absolute atomic E-state index is 13.3. The molecule has 0 saturated carbocycles. The lowest BCUT2D eigenvalue weighted by atomic mass is 9.68. The highest BCUT2D eigenvalue weighted by Gasteiger charge is 2.66. The fourth-order valence-corrected chi connectivity index (χ4v) is 4.26. The number of benzene rings is 1. The molecule has 156 valence electrons. The van der Waals surface area contributed by atoms with Crippen LogP contribution >= 0.6 is 11.6 Å². The molecular weight excluding hydrogens is 408 g/mol. The van der Waals surface area contributed by atoms with Crippen molar-refractivity contribution in [3.05, 3.63) is 58.8 Å². The number of carbonyl (C=O) groups is 3. The number of hydrogen-bond acceptors (Lipinski definition) is 6. The van der Waals surface area contributed by atoms with Gasteiger partial charge in [0, 0.05) is 17.1 Å². The third-order valence-corrected chi connectivity index (χ3v) is 5.58. The third kappa shape index (κ3) is 3.31. The smallest absolute Gasteiger partial charge is 0.329 e. The molecule has 2 heterocycles. The number of hydrogen-bond donors (Lipinski definition) is 2. The van der Waals surface area contributed by atoms with Gasteiger partial charge in [0.05, 0.1) is 23.8 Å². The van der Waals surface area contributed by atoms with Gasteiger partial charge in [0.2, 0.25) is 11.8 Å². The summed E-state index contributed by atoms with van der Waals surface area (Å²) in [5.41, 5.74) is 9.95. The molecule has 0 aromatic heterocycles. The van der Waals surface area contributed by atoms with Crippen LogP contribution in [0.2, 0.25) is 5.02 Å². The van der Waals surface area contributed by atoms with Gasteiger partial charge < -0.3 is 21.1 Å². The van der Waals surface area contributed by atoms with Crippen LogP contribution in [0.1, 0.15) is 25.3 Å². The summed E-state index contributed by atoms with van der Waals surface area (Å²) < 4.78 is 5.44. The largest absolute Gasteiger partial charge is 0.462 e.